The number of halogens is 1. The molecule has 0 spiro atoms. The van der Waals surface area contributed by atoms with E-state index < -0.39 is 22.5 Å². The van der Waals surface area contributed by atoms with Gasteiger partial charge in [-0.25, -0.2) is 13.1 Å². The molecule has 1 heterocycles. The largest absolute Gasteiger partial charge is 0.495 e. The van der Waals surface area contributed by atoms with E-state index in [9.17, 15) is 13.2 Å². The molecule has 0 aliphatic rings. The molecule has 8 nitrogen and oxygen atoms in total. The molecule has 0 fully saturated rings. The highest BCUT2D eigenvalue weighted by atomic mass is 35.5. The van der Waals surface area contributed by atoms with Gasteiger partial charge >= 0.3 is 0 Å². The predicted octanol–water partition coefficient (Wildman–Crippen LogP) is 1.91. The zero-order valence-electron chi connectivity index (χ0n) is 14.2. The normalized spacial score (nSPS) is 11.4. The second kappa shape index (κ2) is 7.42. The molecule has 136 valence electrons. The third-order valence-corrected chi connectivity index (χ3v) is 5.58. The summed E-state index contributed by atoms with van der Waals surface area (Å²) in [5.74, 6) is -0.157. The van der Waals surface area contributed by atoms with Gasteiger partial charge < -0.3 is 10.1 Å². The predicted molar refractivity (Wildman–Crippen MR) is 94.6 cm³/mol. The smallest absolute Gasteiger partial charge is 0.244 e. The van der Waals surface area contributed by atoms with E-state index in [1.165, 1.54) is 7.11 Å². The minimum Gasteiger partial charge on any atom is -0.495 e. The molecular weight excluding hydrogens is 368 g/mol. The number of hydrogen-bond acceptors (Lipinski definition) is 5. The lowest BCUT2D eigenvalue weighted by molar-refractivity contribution is -0.115. The number of H-pyrrole nitrogens is 1. The van der Waals surface area contributed by atoms with Crippen LogP contribution in [0, 0.1) is 20.8 Å². The summed E-state index contributed by atoms with van der Waals surface area (Å²) in [6, 6.07) is 3.23. The maximum absolute atomic E-state index is 12.3. The summed E-state index contributed by atoms with van der Waals surface area (Å²) in [6.45, 7) is 4.51. The molecule has 0 unspecified atom stereocenters. The number of hydrogen-bond donors (Lipinski definition) is 3. The fraction of sp³-hybridized carbons (Fsp3) is 0.333. The molecule has 2 aromatic rings. The molecule has 1 aromatic heterocycles. The first-order valence-electron chi connectivity index (χ1n) is 7.31. The fourth-order valence-corrected chi connectivity index (χ4v) is 3.80. The van der Waals surface area contributed by atoms with E-state index in [1.807, 2.05) is 0 Å². The van der Waals surface area contributed by atoms with E-state index in [0.717, 1.165) is 5.56 Å². The minimum absolute atomic E-state index is 0.0419. The zero-order valence-corrected chi connectivity index (χ0v) is 15.8. The Morgan fingerprint density at radius 2 is 2.00 bits per heavy atom. The average Bonchev–Trinajstić information content (AvgIpc) is 2.88. The molecular formula is C15H19ClN4O4S. The van der Waals surface area contributed by atoms with Crippen molar-refractivity contribution in [3.63, 3.8) is 0 Å². The highest BCUT2D eigenvalue weighted by molar-refractivity contribution is 7.89. The monoisotopic (exact) mass is 386 g/mol. The molecule has 25 heavy (non-hydrogen) atoms. The average molecular weight is 387 g/mol. The number of methoxy groups -OCH3 is 1. The van der Waals surface area contributed by atoms with E-state index in [4.69, 9.17) is 16.3 Å². The van der Waals surface area contributed by atoms with Crippen LogP contribution < -0.4 is 14.8 Å². The van der Waals surface area contributed by atoms with Gasteiger partial charge in [0.2, 0.25) is 15.9 Å². The molecule has 2 rings (SSSR count). The summed E-state index contributed by atoms with van der Waals surface area (Å²) in [5.41, 5.74) is 1.90. The summed E-state index contributed by atoms with van der Waals surface area (Å²) in [6.07, 6.45) is 0. The van der Waals surface area contributed by atoms with Crippen molar-refractivity contribution in [3.8, 4) is 5.75 Å². The third kappa shape index (κ3) is 4.30. The SMILES string of the molecule is COc1cc(Cl)c(C)cc1NC(=O)CNS(=O)(=O)c1c(C)n[nH]c1C. The van der Waals surface area contributed by atoms with Crippen LogP contribution in [-0.2, 0) is 14.8 Å². The lowest BCUT2D eigenvalue weighted by Gasteiger charge is -2.13. The summed E-state index contributed by atoms with van der Waals surface area (Å²) in [5, 5.41) is 9.55. The Hall–Kier alpha value is -2.10. The van der Waals surface area contributed by atoms with Crippen LogP contribution in [0.25, 0.3) is 0 Å². The number of aromatic nitrogens is 2. The first kappa shape index (κ1) is 19.2. The van der Waals surface area contributed by atoms with Crippen molar-refractivity contribution in [2.45, 2.75) is 25.7 Å². The number of ether oxygens (including phenoxy) is 1. The van der Waals surface area contributed by atoms with Gasteiger partial charge in [-0.2, -0.15) is 5.10 Å². The van der Waals surface area contributed by atoms with E-state index in [-0.39, 0.29) is 4.90 Å². The van der Waals surface area contributed by atoms with Gasteiger partial charge in [-0.05, 0) is 32.4 Å². The Bertz CT molecular complexity index is 889. The number of rotatable bonds is 6. The second-order valence-electron chi connectivity index (χ2n) is 5.44. The van der Waals surface area contributed by atoms with Gasteiger partial charge in [-0.3, -0.25) is 9.89 Å². The van der Waals surface area contributed by atoms with Crippen molar-refractivity contribution in [1.82, 2.24) is 14.9 Å². The lowest BCUT2D eigenvalue weighted by Crippen LogP contribution is -2.33. The first-order chi connectivity index (χ1) is 11.7. The maximum atomic E-state index is 12.3. The van der Waals surface area contributed by atoms with E-state index in [2.05, 4.69) is 20.2 Å². The van der Waals surface area contributed by atoms with Crippen LogP contribution in [0.15, 0.2) is 17.0 Å². The molecule has 1 amide bonds. The number of nitrogens with zero attached hydrogens (tertiary/aromatic N) is 1. The van der Waals surface area contributed by atoms with Crippen LogP contribution in [0.2, 0.25) is 5.02 Å². The van der Waals surface area contributed by atoms with Gasteiger partial charge in [0.25, 0.3) is 0 Å². The molecule has 1 aromatic carbocycles. The molecule has 0 atom stereocenters. The van der Waals surface area contributed by atoms with Crippen molar-refractivity contribution >= 4 is 33.2 Å². The summed E-state index contributed by atoms with van der Waals surface area (Å²) >= 11 is 6.02. The first-order valence-corrected chi connectivity index (χ1v) is 9.17. The molecule has 3 N–H and O–H groups in total. The maximum Gasteiger partial charge on any atom is 0.244 e. The highest BCUT2D eigenvalue weighted by Gasteiger charge is 2.23. The molecule has 0 aliphatic heterocycles. The Kier molecular flexibility index (Phi) is 5.71. The van der Waals surface area contributed by atoms with Crippen LogP contribution in [0.4, 0.5) is 5.69 Å². The lowest BCUT2D eigenvalue weighted by atomic mass is 10.2. The van der Waals surface area contributed by atoms with Crippen LogP contribution >= 0.6 is 11.6 Å². The van der Waals surface area contributed by atoms with Crippen molar-refractivity contribution in [1.29, 1.82) is 0 Å². The molecule has 0 bridgehead atoms. The van der Waals surface area contributed by atoms with E-state index in [0.29, 0.717) is 27.8 Å². The van der Waals surface area contributed by atoms with Crippen molar-refractivity contribution in [2.24, 2.45) is 0 Å². The topological polar surface area (TPSA) is 113 Å². The highest BCUT2D eigenvalue weighted by Crippen LogP contribution is 2.30. The van der Waals surface area contributed by atoms with Crippen LogP contribution in [0.5, 0.6) is 5.75 Å². The second-order valence-corrected chi connectivity index (χ2v) is 7.55. The Morgan fingerprint density at radius 3 is 2.56 bits per heavy atom. The van der Waals surface area contributed by atoms with E-state index in [1.54, 1.807) is 32.9 Å². The standard InChI is InChI=1S/C15H19ClN4O4S/c1-8-5-12(13(24-4)6-11(8)16)18-14(21)7-17-25(22,23)15-9(2)19-20-10(15)3/h5-6,17H,7H2,1-4H3,(H,18,21)(H,19,20). The number of nitrogens with one attached hydrogen (secondary N) is 3. The van der Waals surface area contributed by atoms with E-state index >= 15 is 0 Å². The number of amides is 1. The zero-order chi connectivity index (χ0) is 18.8. The number of carbonyl (C=O) groups excluding carboxylic acids is 1. The molecule has 0 saturated carbocycles. The van der Waals surface area contributed by atoms with Gasteiger partial charge in [0.05, 0.1) is 30.7 Å². The number of anilines is 1. The van der Waals surface area contributed by atoms with Gasteiger partial charge in [0.15, 0.2) is 0 Å². The van der Waals surface area contributed by atoms with Crippen LogP contribution in [-0.4, -0.2) is 38.2 Å². The Balaban J connectivity index is 2.10. The Labute approximate surface area is 151 Å². The number of aryl methyl sites for hydroxylation is 3. The van der Waals surface area contributed by atoms with Crippen LogP contribution in [0.1, 0.15) is 17.0 Å². The molecule has 10 heteroatoms. The molecule has 0 aliphatic carbocycles. The number of aromatic amines is 1. The third-order valence-electron chi connectivity index (χ3n) is 3.51. The minimum atomic E-state index is -3.85. The van der Waals surface area contributed by atoms with Crippen LogP contribution in [0.3, 0.4) is 0 Å². The summed E-state index contributed by atoms with van der Waals surface area (Å²) in [7, 11) is -2.40. The number of carbonyl (C=O) groups is 1. The number of sulfonamides is 1. The summed E-state index contributed by atoms with van der Waals surface area (Å²) < 4.78 is 32.1. The van der Waals surface area contributed by atoms with Crippen molar-refractivity contribution in [2.75, 3.05) is 19.0 Å². The quantitative estimate of drug-likeness (QED) is 0.701. The van der Waals surface area contributed by atoms with Crippen molar-refractivity contribution < 1.29 is 17.9 Å². The van der Waals surface area contributed by atoms with Gasteiger partial charge in [0.1, 0.15) is 10.6 Å². The van der Waals surface area contributed by atoms with Gasteiger partial charge in [-0.15, -0.1) is 0 Å². The van der Waals surface area contributed by atoms with Gasteiger partial charge in [-0.1, -0.05) is 11.6 Å². The number of benzene rings is 1. The molecule has 0 saturated heterocycles. The Morgan fingerprint density at radius 1 is 1.32 bits per heavy atom. The molecule has 0 radical (unpaired) electrons. The van der Waals surface area contributed by atoms with Gasteiger partial charge in [0, 0.05) is 11.1 Å². The fourth-order valence-electron chi connectivity index (χ4n) is 2.29. The van der Waals surface area contributed by atoms with Crippen molar-refractivity contribution in [3.05, 3.63) is 34.1 Å². The summed E-state index contributed by atoms with van der Waals surface area (Å²) in [4.78, 5) is 12.2.